The van der Waals surface area contributed by atoms with Crippen molar-refractivity contribution < 1.29 is 9.90 Å². The predicted octanol–water partition coefficient (Wildman–Crippen LogP) is 6.56. The van der Waals surface area contributed by atoms with Crippen LogP contribution in [-0.2, 0) is 4.79 Å². The van der Waals surface area contributed by atoms with E-state index in [1.54, 1.807) is 0 Å². The first-order valence-electron chi connectivity index (χ1n) is 12.4. The molecule has 0 spiro atoms. The molecule has 4 heteroatoms. The molecular formula is C27H48ClNO2. The van der Waals surface area contributed by atoms with Gasteiger partial charge >= 0.3 is 0 Å². The van der Waals surface area contributed by atoms with Crippen molar-refractivity contribution in [2.24, 2.45) is 0 Å². The summed E-state index contributed by atoms with van der Waals surface area (Å²) in [6, 6.07) is 0. The Kier molecular flexibility index (Phi) is 26.2. The van der Waals surface area contributed by atoms with E-state index in [1.807, 2.05) is 19.0 Å². The van der Waals surface area contributed by atoms with Gasteiger partial charge in [0, 0.05) is 25.8 Å². The number of Topliss-reactive ketones (excluding diaryl/α,β-unsaturated/α-hetero) is 1. The zero-order chi connectivity index (χ0) is 22.3. The second-order valence-corrected chi connectivity index (χ2v) is 8.69. The Balaban J connectivity index is 0. The van der Waals surface area contributed by atoms with Crippen molar-refractivity contribution in [2.75, 3.05) is 20.6 Å². The zero-order valence-electron chi connectivity index (χ0n) is 20.5. The van der Waals surface area contributed by atoms with Crippen molar-refractivity contribution in [3.8, 4) is 23.7 Å². The van der Waals surface area contributed by atoms with E-state index < -0.39 is 6.10 Å². The van der Waals surface area contributed by atoms with Gasteiger partial charge in [-0.3, -0.25) is 4.79 Å². The lowest BCUT2D eigenvalue weighted by Crippen LogP contribution is -2.32. The summed E-state index contributed by atoms with van der Waals surface area (Å²) in [5.41, 5.74) is 0. The third-order valence-corrected chi connectivity index (χ3v) is 5.28. The van der Waals surface area contributed by atoms with E-state index in [0.29, 0.717) is 13.0 Å². The molecule has 0 aliphatic heterocycles. The number of hydrogen-bond donors (Lipinski definition) is 1. The molecule has 0 amide bonds. The molecule has 0 heterocycles. The van der Waals surface area contributed by atoms with Crippen LogP contribution in [0.4, 0.5) is 0 Å². The summed E-state index contributed by atoms with van der Waals surface area (Å²) in [5.74, 6) is 12.3. The third-order valence-electron chi connectivity index (χ3n) is 5.28. The topological polar surface area (TPSA) is 40.5 Å². The second kappa shape index (κ2) is 25.3. The van der Waals surface area contributed by atoms with Gasteiger partial charge < -0.3 is 10.0 Å². The van der Waals surface area contributed by atoms with E-state index in [0.717, 1.165) is 38.5 Å². The maximum Gasteiger partial charge on any atom is 0.162 e. The van der Waals surface area contributed by atoms with Crippen LogP contribution < -0.4 is 0 Å². The first-order chi connectivity index (χ1) is 14.6. The maximum absolute atomic E-state index is 11.8. The predicted molar refractivity (Wildman–Crippen MR) is 137 cm³/mol. The Morgan fingerprint density at radius 3 is 1.61 bits per heavy atom. The molecule has 31 heavy (non-hydrogen) atoms. The SMILES string of the molecule is CCCCCCCCCCC#CC#CCCCCCCCCC(=O)C(O)CN(C)C.Cl. The van der Waals surface area contributed by atoms with Crippen LogP contribution in [-0.4, -0.2) is 42.5 Å². The minimum atomic E-state index is -0.831. The molecule has 0 aliphatic rings. The van der Waals surface area contributed by atoms with Gasteiger partial charge in [0.05, 0.1) is 0 Å². The summed E-state index contributed by atoms with van der Waals surface area (Å²) in [6.07, 6.45) is 19.0. The number of carbonyl (C=O) groups excluding carboxylic acids is 1. The fourth-order valence-electron chi connectivity index (χ4n) is 3.39. The van der Waals surface area contributed by atoms with Gasteiger partial charge in [-0.1, -0.05) is 89.4 Å². The van der Waals surface area contributed by atoms with Crippen LogP contribution in [0.25, 0.3) is 0 Å². The minimum Gasteiger partial charge on any atom is -0.384 e. The van der Waals surface area contributed by atoms with Crippen molar-refractivity contribution in [2.45, 2.75) is 122 Å². The number of nitrogens with zero attached hydrogens (tertiary/aromatic N) is 1. The summed E-state index contributed by atoms with van der Waals surface area (Å²) < 4.78 is 0. The van der Waals surface area contributed by atoms with E-state index in [-0.39, 0.29) is 18.2 Å². The molecule has 1 atom stereocenters. The number of carbonyl (C=O) groups is 1. The molecule has 0 bridgehead atoms. The number of aliphatic hydroxyl groups excluding tert-OH is 1. The number of ketones is 1. The summed E-state index contributed by atoms with van der Waals surface area (Å²) in [6.45, 7) is 2.68. The number of aliphatic hydroxyl groups is 1. The standard InChI is InChI=1S/C27H47NO2.ClH/c1-4-5-6-7-8-9-10-11-12-13-14-15-16-17-18-19-20-21-22-23-24-26(29)27(30)25-28(2)3;/h27,30H,4-12,17-25H2,1-3H3;1H. The van der Waals surface area contributed by atoms with Crippen LogP contribution in [0.15, 0.2) is 0 Å². The molecule has 0 saturated heterocycles. The normalized spacial score (nSPS) is 11.1. The molecule has 0 fully saturated rings. The fraction of sp³-hybridized carbons (Fsp3) is 0.815. The first-order valence-corrected chi connectivity index (χ1v) is 12.4. The van der Waals surface area contributed by atoms with Gasteiger partial charge in [-0.25, -0.2) is 0 Å². The van der Waals surface area contributed by atoms with E-state index >= 15 is 0 Å². The lowest BCUT2D eigenvalue weighted by Gasteiger charge is -2.14. The van der Waals surface area contributed by atoms with Gasteiger partial charge in [0.25, 0.3) is 0 Å². The number of likely N-dealkylation sites (N-methyl/N-ethyl adjacent to an activating group) is 1. The summed E-state index contributed by atoms with van der Waals surface area (Å²) >= 11 is 0. The van der Waals surface area contributed by atoms with Gasteiger partial charge in [0.15, 0.2) is 5.78 Å². The lowest BCUT2D eigenvalue weighted by atomic mass is 10.0. The number of halogens is 1. The highest BCUT2D eigenvalue weighted by Crippen LogP contribution is 2.10. The van der Waals surface area contributed by atoms with Crippen LogP contribution in [0.3, 0.4) is 0 Å². The molecule has 0 aliphatic carbocycles. The van der Waals surface area contributed by atoms with Crippen LogP contribution in [0.5, 0.6) is 0 Å². The molecule has 0 aromatic carbocycles. The molecule has 0 rings (SSSR count). The van der Waals surface area contributed by atoms with Crippen molar-refractivity contribution in [1.29, 1.82) is 0 Å². The van der Waals surface area contributed by atoms with Gasteiger partial charge in [-0.15, -0.1) is 12.4 Å². The Labute approximate surface area is 199 Å². The van der Waals surface area contributed by atoms with E-state index in [9.17, 15) is 9.90 Å². The molecular weight excluding hydrogens is 406 g/mol. The molecule has 180 valence electrons. The Bertz CT molecular complexity index is 525. The highest BCUT2D eigenvalue weighted by molar-refractivity contribution is 5.85. The van der Waals surface area contributed by atoms with Crippen molar-refractivity contribution in [3.05, 3.63) is 0 Å². The zero-order valence-corrected chi connectivity index (χ0v) is 21.3. The van der Waals surface area contributed by atoms with Crippen LogP contribution in [0.2, 0.25) is 0 Å². The van der Waals surface area contributed by atoms with E-state index in [1.165, 1.54) is 64.2 Å². The smallest absolute Gasteiger partial charge is 0.162 e. The monoisotopic (exact) mass is 453 g/mol. The average Bonchev–Trinajstić information content (AvgIpc) is 2.71. The largest absolute Gasteiger partial charge is 0.384 e. The summed E-state index contributed by atoms with van der Waals surface area (Å²) in [7, 11) is 3.73. The van der Waals surface area contributed by atoms with Gasteiger partial charge in [-0.2, -0.15) is 0 Å². The lowest BCUT2D eigenvalue weighted by molar-refractivity contribution is -0.127. The number of rotatable bonds is 19. The molecule has 0 radical (unpaired) electrons. The number of hydrogen-bond acceptors (Lipinski definition) is 3. The van der Waals surface area contributed by atoms with Crippen molar-refractivity contribution in [3.63, 3.8) is 0 Å². The highest BCUT2D eigenvalue weighted by atomic mass is 35.5. The van der Waals surface area contributed by atoms with Crippen molar-refractivity contribution in [1.82, 2.24) is 4.90 Å². The molecule has 0 aromatic heterocycles. The quantitative estimate of drug-likeness (QED) is 0.178. The van der Waals surface area contributed by atoms with Crippen LogP contribution in [0, 0.1) is 23.7 Å². The van der Waals surface area contributed by atoms with Gasteiger partial charge in [0.1, 0.15) is 6.10 Å². The Hall–Kier alpha value is -1.00. The summed E-state index contributed by atoms with van der Waals surface area (Å²) in [4.78, 5) is 13.6. The average molecular weight is 454 g/mol. The van der Waals surface area contributed by atoms with Crippen molar-refractivity contribution >= 4 is 18.2 Å². The van der Waals surface area contributed by atoms with E-state index in [4.69, 9.17) is 0 Å². The Morgan fingerprint density at radius 1 is 0.742 bits per heavy atom. The van der Waals surface area contributed by atoms with Gasteiger partial charge in [0.2, 0.25) is 0 Å². The molecule has 3 nitrogen and oxygen atoms in total. The van der Waals surface area contributed by atoms with Crippen LogP contribution in [0.1, 0.15) is 116 Å². The maximum atomic E-state index is 11.8. The molecule has 0 saturated carbocycles. The third kappa shape index (κ3) is 25.1. The molecule has 0 aromatic rings. The number of unbranched alkanes of at least 4 members (excludes halogenated alkanes) is 14. The molecule has 1 unspecified atom stereocenters. The van der Waals surface area contributed by atoms with E-state index in [2.05, 4.69) is 30.6 Å². The second-order valence-electron chi connectivity index (χ2n) is 8.69. The Morgan fingerprint density at radius 2 is 1.16 bits per heavy atom. The van der Waals surface area contributed by atoms with Gasteiger partial charge in [-0.05, 0) is 45.2 Å². The first kappa shape index (κ1) is 32.2. The summed E-state index contributed by atoms with van der Waals surface area (Å²) in [5, 5.41) is 9.73. The van der Waals surface area contributed by atoms with Crippen LogP contribution >= 0.6 is 12.4 Å². The highest BCUT2D eigenvalue weighted by Gasteiger charge is 2.14. The fourth-order valence-corrected chi connectivity index (χ4v) is 3.39. The minimum absolute atomic E-state index is 0. The molecule has 1 N–H and O–H groups in total.